The van der Waals surface area contributed by atoms with Gasteiger partial charge in [-0.1, -0.05) is 32.0 Å². The molecule has 0 radical (unpaired) electrons. The zero-order valence-corrected chi connectivity index (χ0v) is 9.91. The molecule has 1 heterocycles. The number of nitrogens with zero attached hydrogens (tertiary/aromatic N) is 1. The summed E-state index contributed by atoms with van der Waals surface area (Å²) in [6.07, 6.45) is 0. The van der Waals surface area contributed by atoms with Crippen molar-refractivity contribution in [1.29, 1.82) is 0 Å². The second-order valence-corrected chi connectivity index (χ2v) is 4.37. The van der Waals surface area contributed by atoms with Gasteiger partial charge in [-0.3, -0.25) is 0 Å². The maximum absolute atomic E-state index is 5.52. The topological polar surface area (TPSA) is 50.9 Å². The highest BCUT2D eigenvalue weighted by molar-refractivity contribution is 5.84. The van der Waals surface area contributed by atoms with E-state index in [1.54, 1.807) is 0 Å². The maximum atomic E-state index is 5.52. The van der Waals surface area contributed by atoms with Crippen molar-refractivity contribution < 1.29 is 0 Å². The summed E-state index contributed by atoms with van der Waals surface area (Å²) in [4.78, 5) is 4.58. The molecule has 1 aromatic carbocycles. The van der Waals surface area contributed by atoms with Crippen LogP contribution >= 0.6 is 0 Å². The first-order chi connectivity index (χ1) is 7.63. The van der Waals surface area contributed by atoms with Crippen molar-refractivity contribution in [3.63, 3.8) is 0 Å². The van der Waals surface area contributed by atoms with Crippen molar-refractivity contribution in [2.24, 2.45) is 5.84 Å². The summed E-state index contributed by atoms with van der Waals surface area (Å²) in [6.45, 7) is 6.34. The van der Waals surface area contributed by atoms with Gasteiger partial charge in [0.05, 0.1) is 5.52 Å². The van der Waals surface area contributed by atoms with Gasteiger partial charge in [0.15, 0.2) is 0 Å². The summed E-state index contributed by atoms with van der Waals surface area (Å²) >= 11 is 0. The highest BCUT2D eigenvalue weighted by atomic mass is 15.2. The lowest BCUT2D eigenvalue weighted by molar-refractivity contribution is 0.862. The fourth-order valence-electron chi connectivity index (χ4n) is 1.92. The van der Waals surface area contributed by atoms with E-state index in [9.17, 15) is 0 Å². The van der Waals surface area contributed by atoms with Crippen LogP contribution in [0.1, 0.15) is 30.9 Å². The fraction of sp³-hybridized carbons (Fsp3) is 0.308. The second-order valence-electron chi connectivity index (χ2n) is 4.37. The number of fused-ring (bicyclic) bond motifs is 1. The van der Waals surface area contributed by atoms with E-state index in [2.05, 4.69) is 55.4 Å². The molecule has 0 atom stereocenters. The van der Waals surface area contributed by atoms with Crippen LogP contribution < -0.4 is 11.3 Å². The first-order valence-electron chi connectivity index (χ1n) is 5.50. The number of nitrogens with one attached hydrogen (secondary N) is 1. The molecule has 3 nitrogen and oxygen atoms in total. The standard InChI is InChI=1S/C13H17N3/c1-8(2)11-7-10-6-4-5-9(3)12(10)15-13(11)16-14/h4-8H,14H2,1-3H3,(H,15,16). The number of rotatable bonds is 2. The summed E-state index contributed by atoms with van der Waals surface area (Å²) in [5.74, 6) is 6.70. The number of pyridine rings is 1. The van der Waals surface area contributed by atoms with Gasteiger partial charge < -0.3 is 5.43 Å². The van der Waals surface area contributed by atoms with E-state index in [4.69, 9.17) is 5.84 Å². The van der Waals surface area contributed by atoms with Gasteiger partial charge in [-0.05, 0) is 30.0 Å². The molecule has 0 aliphatic rings. The Kier molecular flexibility index (Phi) is 2.79. The van der Waals surface area contributed by atoms with E-state index >= 15 is 0 Å². The van der Waals surface area contributed by atoms with Crippen LogP contribution in [0.3, 0.4) is 0 Å². The van der Waals surface area contributed by atoms with E-state index < -0.39 is 0 Å². The van der Waals surface area contributed by atoms with E-state index in [1.165, 1.54) is 10.9 Å². The number of hydrogen-bond donors (Lipinski definition) is 2. The van der Waals surface area contributed by atoms with E-state index in [0.29, 0.717) is 5.92 Å². The lowest BCUT2D eigenvalue weighted by Gasteiger charge is -2.13. The first-order valence-corrected chi connectivity index (χ1v) is 5.50. The molecule has 16 heavy (non-hydrogen) atoms. The molecule has 0 unspecified atom stereocenters. The Morgan fingerprint density at radius 2 is 2.06 bits per heavy atom. The van der Waals surface area contributed by atoms with Crippen LogP contribution in [-0.4, -0.2) is 4.98 Å². The molecule has 0 aliphatic heterocycles. The molecule has 2 aromatic rings. The minimum absolute atomic E-state index is 0.406. The number of aromatic nitrogens is 1. The molecular weight excluding hydrogens is 198 g/mol. The van der Waals surface area contributed by atoms with Crippen LogP contribution in [0, 0.1) is 6.92 Å². The monoisotopic (exact) mass is 215 g/mol. The number of para-hydroxylation sites is 1. The molecule has 0 aliphatic carbocycles. The third kappa shape index (κ3) is 1.74. The molecule has 0 fully saturated rings. The Labute approximate surface area is 95.7 Å². The lowest BCUT2D eigenvalue weighted by Crippen LogP contribution is -2.12. The Balaban J connectivity index is 2.75. The number of aryl methyl sites for hydroxylation is 1. The average molecular weight is 215 g/mol. The Bertz CT molecular complexity index is 518. The van der Waals surface area contributed by atoms with Crippen molar-refractivity contribution in [2.75, 3.05) is 5.43 Å². The normalized spacial score (nSPS) is 11.1. The van der Waals surface area contributed by atoms with Crippen molar-refractivity contribution in [1.82, 2.24) is 4.98 Å². The zero-order valence-electron chi connectivity index (χ0n) is 9.91. The summed E-state index contributed by atoms with van der Waals surface area (Å²) in [5, 5.41) is 1.17. The van der Waals surface area contributed by atoms with Gasteiger partial charge in [0, 0.05) is 5.39 Å². The molecule has 0 bridgehead atoms. The van der Waals surface area contributed by atoms with Gasteiger partial charge in [-0.15, -0.1) is 0 Å². The van der Waals surface area contributed by atoms with Crippen molar-refractivity contribution >= 4 is 16.7 Å². The largest absolute Gasteiger partial charge is 0.308 e. The van der Waals surface area contributed by atoms with Crippen molar-refractivity contribution in [3.8, 4) is 0 Å². The molecule has 0 amide bonds. The number of anilines is 1. The zero-order chi connectivity index (χ0) is 11.7. The van der Waals surface area contributed by atoms with Crippen LogP contribution in [0.25, 0.3) is 10.9 Å². The molecule has 2 rings (SSSR count). The van der Waals surface area contributed by atoms with Gasteiger partial charge in [-0.2, -0.15) is 0 Å². The van der Waals surface area contributed by atoms with E-state index in [0.717, 1.165) is 16.9 Å². The van der Waals surface area contributed by atoms with Gasteiger partial charge in [0.25, 0.3) is 0 Å². The van der Waals surface area contributed by atoms with Gasteiger partial charge in [0.2, 0.25) is 0 Å². The quantitative estimate of drug-likeness (QED) is 0.598. The smallest absolute Gasteiger partial charge is 0.144 e. The minimum Gasteiger partial charge on any atom is -0.308 e. The molecule has 0 saturated heterocycles. The third-order valence-electron chi connectivity index (χ3n) is 2.84. The fourth-order valence-corrected chi connectivity index (χ4v) is 1.92. The molecular formula is C13H17N3. The van der Waals surface area contributed by atoms with Crippen LogP contribution in [0.5, 0.6) is 0 Å². The number of benzene rings is 1. The molecule has 84 valence electrons. The predicted octanol–water partition coefficient (Wildman–Crippen LogP) is 2.95. The Morgan fingerprint density at radius 1 is 1.31 bits per heavy atom. The average Bonchev–Trinajstić information content (AvgIpc) is 2.28. The SMILES string of the molecule is Cc1cccc2cc(C(C)C)c(NN)nc12. The van der Waals surface area contributed by atoms with Crippen LogP contribution in [0.15, 0.2) is 24.3 Å². The van der Waals surface area contributed by atoms with Crippen LogP contribution in [-0.2, 0) is 0 Å². The Morgan fingerprint density at radius 3 is 2.69 bits per heavy atom. The molecule has 1 aromatic heterocycles. The maximum Gasteiger partial charge on any atom is 0.144 e. The summed E-state index contributed by atoms with van der Waals surface area (Å²) in [5.41, 5.74) is 6.02. The third-order valence-corrected chi connectivity index (χ3v) is 2.84. The predicted molar refractivity (Wildman–Crippen MR) is 68.4 cm³/mol. The van der Waals surface area contributed by atoms with E-state index in [1.807, 2.05) is 0 Å². The highest BCUT2D eigenvalue weighted by Gasteiger charge is 2.10. The first kappa shape index (κ1) is 10.9. The van der Waals surface area contributed by atoms with Crippen molar-refractivity contribution in [2.45, 2.75) is 26.7 Å². The Hall–Kier alpha value is -1.61. The number of nitrogens with two attached hydrogens (primary N) is 1. The van der Waals surface area contributed by atoms with Crippen LogP contribution in [0.4, 0.5) is 5.82 Å². The number of hydrazine groups is 1. The molecule has 0 spiro atoms. The van der Waals surface area contributed by atoms with Gasteiger partial charge in [0.1, 0.15) is 5.82 Å². The summed E-state index contributed by atoms with van der Waals surface area (Å²) in [7, 11) is 0. The second kappa shape index (κ2) is 4.10. The molecule has 3 heteroatoms. The number of nitrogen functional groups attached to an aromatic ring is 1. The van der Waals surface area contributed by atoms with Crippen molar-refractivity contribution in [3.05, 3.63) is 35.4 Å². The number of hydrogen-bond acceptors (Lipinski definition) is 3. The van der Waals surface area contributed by atoms with Gasteiger partial charge >= 0.3 is 0 Å². The molecule has 3 N–H and O–H groups in total. The summed E-state index contributed by atoms with van der Waals surface area (Å²) < 4.78 is 0. The van der Waals surface area contributed by atoms with Crippen LogP contribution in [0.2, 0.25) is 0 Å². The highest BCUT2D eigenvalue weighted by Crippen LogP contribution is 2.27. The van der Waals surface area contributed by atoms with Gasteiger partial charge in [-0.25, -0.2) is 10.8 Å². The lowest BCUT2D eigenvalue weighted by atomic mass is 10.0. The molecule has 0 saturated carbocycles. The van der Waals surface area contributed by atoms with E-state index in [-0.39, 0.29) is 0 Å². The minimum atomic E-state index is 0.406. The summed E-state index contributed by atoms with van der Waals surface area (Å²) in [6, 6.07) is 8.36.